The van der Waals surface area contributed by atoms with Gasteiger partial charge in [-0.3, -0.25) is 0 Å². The number of hydrogen-bond donors (Lipinski definition) is 2. The Hall–Kier alpha value is -2.32. The number of amides is 2. The van der Waals surface area contributed by atoms with Gasteiger partial charge in [-0.1, -0.05) is 0 Å². The molecule has 1 aliphatic heterocycles. The van der Waals surface area contributed by atoms with Crippen molar-refractivity contribution in [3.05, 3.63) is 36.0 Å². The lowest BCUT2D eigenvalue weighted by atomic mass is 10.1. The number of carbonyl (C=O) groups is 1. The first kappa shape index (κ1) is 20.3. The van der Waals surface area contributed by atoms with Crippen LogP contribution in [0, 0.1) is 0 Å². The number of ether oxygens (including phenoxy) is 1. The maximum absolute atomic E-state index is 12.0. The van der Waals surface area contributed by atoms with E-state index in [4.69, 9.17) is 14.7 Å². The molecule has 4 aliphatic rings. The van der Waals surface area contributed by atoms with Gasteiger partial charge < -0.3 is 20.3 Å². The zero-order valence-electron chi connectivity index (χ0n) is 18.2. The molecule has 0 spiro atoms. The third-order valence-electron chi connectivity index (χ3n) is 6.45. The van der Waals surface area contributed by atoms with Crippen LogP contribution in [0.1, 0.15) is 44.2 Å². The monoisotopic (exact) mass is 451 g/mol. The van der Waals surface area contributed by atoms with E-state index in [1.165, 1.54) is 31.4 Å². The molecule has 4 fully saturated rings. The molecule has 0 unspecified atom stereocenters. The van der Waals surface area contributed by atoms with Gasteiger partial charge in [0.15, 0.2) is 5.82 Å². The highest BCUT2D eigenvalue weighted by molar-refractivity contribution is 8.01. The summed E-state index contributed by atoms with van der Waals surface area (Å²) in [7, 11) is 0. The summed E-state index contributed by atoms with van der Waals surface area (Å²) in [6.45, 7) is 3.19. The Morgan fingerprint density at radius 1 is 1.06 bits per heavy atom. The molecular formula is C24H29N5O2S. The number of carbonyl (C=O) groups excluding carboxylic acids is 1. The van der Waals surface area contributed by atoms with Gasteiger partial charge in [0.1, 0.15) is 5.82 Å². The lowest BCUT2D eigenvalue weighted by Gasteiger charge is -2.29. The number of aromatic nitrogens is 2. The van der Waals surface area contributed by atoms with Crippen LogP contribution in [0.4, 0.5) is 16.3 Å². The van der Waals surface area contributed by atoms with E-state index < -0.39 is 0 Å². The first-order valence-electron chi connectivity index (χ1n) is 11.7. The van der Waals surface area contributed by atoms with Gasteiger partial charge in [0.2, 0.25) is 0 Å². The number of nitrogens with zero attached hydrogens (tertiary/aromatic N) is 3. The number of morpholine rings is 1. The molecule has 8 heteroatoms. The smallest absolute Gasteiger partial charge is 0.319 e. The van der Waals surface area contributed by atoms with E-state index in [0.717, 1.165) is 67.3 Å². The molecular weight excluding hydrogens is 422 g/mol. The molecule has 1 saturated heterocycles. The fourth-order valence-electron chi connectivity index (χ4n) is 4.09. The molecule has 6 rings (SSSR count). The zero-order chi connectivity index (χ0) is 21.5. The van der Waals surface area contributed by atoms with Crippen molar-refractivity contribution in [1.29, 1.82) is 0 Å². The quantitative estimate of drug-likeness (QED) is 0.658. The van der Waals surface area contributed by atoms with Gasteiger partial charge in [-0.15, -0.1) is 11.8 Å². The van der Waals surface area contributed by atoms with Crippen molar-refractivity contribution in [2.24, 2.45) is 0 Å². The van der Waals surface area contributed by atoms with Crippen LogP contribution in [0.2, 0.25) is 0 Å². The predicted octanol–water partition coefficient (Wildman–Crippen LogP) is 4.15. The van der Waals surface area contributed by atoms with Gasteiger partial charge in [-0.25, -0.2) is 14.8 Å². The standard InChI is InChI=1S/C24H29N5O2S/c30-23(26-18-5-6-18)25-17-3-1-16(2-4-17)22-27-20(24(9-10-24)32-19-7-8-19)15-21(28-22)29-11-13-31-14-12-29/h1-4,15,18-19H,5-14H2,(H2,25,26,30). The lowest BCUT2D eigenvalue weighted by Crippen LogP contribution is -2.37. The number of benzene rings is 1. The number of hydrogen-bond acceptors (Lipinski definition) is 6. The summed E-state index contributed by atoms with van der Waals surface area (Å²) in [6, 6.07) is 10.3. The molecule has 3 saturated carbocycles. The van der Waals surface area contributed by atoms with Crippen LogP contribution in [0.3, 0.4) is 0 Å². The third kappa shape index (κ3) is 4.57. The van der Waals surface area contributed by atoms with Crippen LogP contribution in [0.25, 0.3) is 11.4 Å². The Morgan fingerprint density at radius 3 is 2.47 bits per heavy atom. The summed E-state index contributed by atoms with van der Waals surface area (Å²) in [4.78, 5) is 24.4. The van der Waals surface area contributed by atoms with E-state index in [2.05, 4.69) is 33.4 Å². The second kappa shape index (κ2) is 8.23. The lowest BCUT2D eigenvalue weighted by molar-refractivity contribution is 0.122. The van der Waals surface area contributed by atoms with E-state index in [-0.39, 0.29) is 10.8 Å². The summed E-state index contributed by atoms with van der Waals surface area (Å²) >= 11 is 2.12. The van der Waals surface area contributed by atoms with Crippen molar-refractivity contribution >= 4 is 29.3 Å². The van der Waals surface area contributed by atoms with Gasteiger partial charge in [0, 0.05) is 41.7 Å². The van der Waals surface area contributed by atoms with Crippen molar-refractivity contribution in [3.8, 4) is 11.4 Å². The van der Waals surface area contributed by atoms with Crippen LogP contribution < -0.4 is 15.5 Å². The minimum Gasteiger partial charge on any atom is -0.378 e. The predicted molar refractivity (Wildman–Crippen MR) is 127 cm³/mol. The molecule has 7 nitrogen and oxygen atoms in total. The van der Waals surface area contributed by atoms with Crippen LogP contribution in [-0.4, -0.2) is 53.6 Å². The van der Waals surface area contributed by atoms with Gasteiger partial charge in [-0.05, 0) is 62.8 Å². The van der Waals surface area contributed by atoms with Crippen molar-refractivity contribution < 1.29 is 9.53 Å². The Kier molecular flexibility index (Phi) is 5.22. The summed E-state index contributed by atoms with van der Waals surface area (Å²) in [5.74, 6) is 1.77. The number of anilines is 2. The average molecular weight is 452 g/mol. The van der Waals surface area contributed by atoms with Gasteiger partial charge in [0.05, 0.1) is 23.7 Å². The number of rotatable bonds is 7. The maximum Gasteiger partial charge on any atom is 0.319 e. The van der Waals surface area contributed by atoms with E-state index in [0.29, 0.717) is 6.04 Å². The van der Waals surface area contributed by atoms with E-state index in [1.54, 1.807) is 0 Å². The molecule has 2 aromatic rings. The number of thioether (sulfide) groups is 1. The minimum absolute atomic E-state index is 0.138. The minimum atomic E-state index is -0.138. The highest BCUT2D eigenvalue weighted by Gasteiger charge is 2.50. The van der Waals surface area contributed by atoms with Crippen LogP contribution in [0.15, 0.2) is 30.3 Å². The van der Waals surface area contributed by atoms with Crippen molar-refractivity contribution in [2.75, 3.05) is 36.5 Å². The highest BCUT2D eigenvalue weighted by atomic mass is 32.2. The Balaban J connectivity index is 1.27. The Labute approximate surface area is 192 Å². The molecule has 2 amide bonds. The summed E-state index contributed by atoms with van der Waals surface area (Å²) in [5, 5.41) is 6.66. The summed E-state index contributed by atoms with van der Waals surface area (Å²) in [6.07, 6.45) is 7.23. The zero-order valence-corrected chi connectivity index (χ0v) is 19.0. The summed E-state index contributed by atoms with van der Waals surface area (Å²) < 4.78 is 5.72. The topological polar surface area (TPSA) is 79.4 Å². The van der Waals surface area contributed by atoms with Crippen LogP contribution >= 0.6 is 11.8 Å². The van der Waals surface area contributed by atoms with Crippen molar-refractivity contribution in [3.63, 3.8) is 0 Å². The maximum atomic E-state index is 12.0. The second-order valence-corrected chi connectivity index (χ2v) is 11.0. The van der Waals surface area contributed by atoms with E-state index >= 15 is 0 Å². The average Bonchev–Trinajstić information content (AvgIpc) is 3.66. The van der Waals surface area contributed by atoms with Crippen LogP contribution in [0.5, 0.6) is 0 Å². The number of nitrogens with one attached hydrogen (secondary N) is 2. The third-order valence-corrected chi connectivity index (χ3v) is 8.32. The van der Waals surface area contributed by atoms with Gasteiger partial charge in [0.25, 0.3) is 0 Å². The van der Waals surface area contributed by atoms with E-state index in [1.807, 2.05) is 24.3 Å². The first-order valence-corrected chi connectivity index (χ1v) is 12.6. The Bertz CT molecular complexity index is 996. The SMILES string of the molecule is O=C(Nc1ccc(-c2nc(N3CCOCC3)cc(C3(SC4CC4)CC3)n2)cc1)NC1CC1. The molecule has 32 heavy (non-hydrogen) atoms. The molecule has 1 aromatic carbocycles. The number of urea groups is 1. The molecule has 168 valence electrons. The van der Waals surface area contributed by atoms with Gasteiger partial charge >= 0.3 is 6.03 Å². The second-order valence-electron chi connectivity index (χ2n) is 9.30. The largest absolute Gasteiger partial charge is 0.378 e. The summed E-state index contributed by atoms with van der Waals surface area (Å²) in [5.41, 5.74) is 2.92. The van der Waals surface area contributed by atoms with Crippen LogP contribution in [-0.2, 0) is 9.48 Å². The molecule has 3 aliphatic carbocycles. The van der Waals surface area contributed by atoms with Crippen molar-refractivity contribution in [1.82, 2.24) is 15.3 Å². The fraction of sp³-hybridized carbons (Fsp3) is 0.542. The Morgan fingerprint density at radius 2 is 1.81 bits per heavy atom. The van der Waals surface area contributed by atoms with Crippen molar-refractivity contribution in [2.45, 2.75) is 54.6 Å². The fourth-order valence-corrected chi connectivity index (χ4v) is 5.66. The molecule has 2 heterocycles. The molecule has 0 radical (unpaired) electrons. The molecule has 0 bridgehead atoms. The molecule has 2 N–H and O–H groups in total. The molecule has 1 aromatic heterocycles. The molecule has 0 atom stereocenters. The van der Waals surface area contributed by atoms with E-state index in [9.17, 15) is 4.79 Å². The normalized spacial score (nSPS) is 21.8. The first-order chi connectivity index (χ1) is 15.7. The van der Waals surface area contributed by atoms with Gasteiger partial charge in [-0.2, -0.15) is 0 Å². The highest BCUT2D eigenvalue weighted by Crippen LogP contribution is 2.61.